The number of aromatic amines is 2. The van der Waals surface area contributed by atoms with Gasteiger partial charge in [-0.05, 0) is 18.9 Å². The second-order valence-corrected chi connectivity index (χ2v) is 6.13. The third-order valence-electron chi connectivity index (χ3n) is 4.46. The second-order valence-electron chi connectivity index (χ2n) is 6.13. The van der Waals surface area contributed by atoms with Crippen LogP contribution in [0.15, 0.2) is 34.2 Å². The number of nitrogens with one attached hydrogen (secondary N) is 2. The summed E-state index contributed by atoms with van der Waals surface area (Å²) in [4.78, 5) is 46.6. The zero-order valence-corrected chi connectivity index (χ0v) is 13.5. The van der Waals surface area contributed by atoms with E-state index < -0.39 is 11.2 Å². The number of carbonyl (C=O) groups is 1. The van der Waals surface area contributed by atoms with Crippen molar-refractivity contribution in [3.63, 3.8) is 0 Å². The molecule has 1 saturated heterocycles. The predicted molar refractivity (Wildman–Crippen MR) is 89.2 cm³/mol. The first kappa shape index (κ1) is 15.3. The number of carbonyl (C=O) groups excluding carboxylic acids is 1. The Morgan fingerprint density at radius 3 is 2.88 bits per heavy atom. The molecule has 4 heterocycles. The van der Waals surface area contributed by atoms with Crippen LogP contribution in [0, 0.1) is 0 Å². The fraction of sp³-hybridized carbons (Fsp3) is 0.312. The number of rotatable bonds is 2. The molecule has 0 radical (unpaired) electrons. The van der Waals surface area contributed by atoms with E-state index in [-0.39, 0.29) is 23.0 Å². The number of aromatic nitrogens is 5. The molecular formula is C16H16N6O3. The van der Waals surface area contributed by atoms with Crippen LogP contribution in [0.1, 0.15) is 34.8 Å². The van der Waals surface area contributed by atoms with Gasteiger partial charge in [0.05, 0.1) is 23.2 Å². The summed E-state index contributed by atoms with van der Waals surface area (Å²) in [5.74, 6) is -0.189. The topological polar surface area (TPSA) is 117 Å². The molecule has 3 aromatic heterocycles. The van der Waals surface area contributed by atoms with Crippen molar-refractivity contribution in [3.8, 4) is 0 Å². The molecule has 9 nitrogen and oxygen atoms in total. The fourth-order valence-electron chi connectivity index (χ4n) is 3.30. The molecule has 1 aliphatic rings. The molecule has 9 heteroatoms. The summed E-state index contributed by atoms with van der Waals surface area (Å²) in [5, 5.41) is 4.36. The van der Waals surface area contributed by atoms with Crippen molar-refractivity contribution in [2.24, 2.45) is 7.05 Å². The minimum Gasteiger partial charge on any atom is -0.331 e. The Kier molecular flexibility index (Phi) is 3.48. The highest BCUT2D eigenvalue weighted by Gasteiger charge is 2.31. The van der Waals surface area contributed by atoms with Crippen LogP contribution in [0.25, 0.3) is 11.0 Å². The Balaban J connectivity index is 1.71. The van der Waals surface area contributed by atoms with Gasteiger partial charge in [-0.3, -0.25) is 24.2 Å². The molecule has 2 N–H and O–H groups in total. The van der Waals surface area contributed by atoms with E-state index in [0.717, 1.165) is 18.4 Å². The van der Waals surface area contributed by atoms with Crippen molar-refractivity contribution in [1.82, 2.24) is 29.6 Å². The quantitative estimate of drug-likeness (QED) is 0.697. The highest BCUT2D eigenvalue weighted by Crippen LogP contribution is 2.32. The van der Waals surface area contributed by atoms with Crippen LogP contribution in [-0.2, 0) is 7.05 Å². The van der Waals surface area contributed by atoms with Gasteiger partial charge in [0.15, 0.2) is 0 Å². The predicted octanol–water partition coefficient (Wildman–Crippen LogP) is 0.322. The average Bonchev–Trinajstić information content (AvgIpc) is 3.22. The van der Waals surface area contributed by atoms with Gasteiger partial charge in [-0.1, -0.05) is 0 Å². The first-order valence-electron chi connectivity index (χ1n) is 7.95. The van der Waals surface area contributed by atoms with E-state index >= 15 is 0 Å². The average molecular weight is 340 g/mol. The summed E-state index contributed by atoms with van der Waals surface area (Å²) in [7, 11) is 1.84. The molecule has 0 aliphatic carbocycles. The SMILES string of the molecule is Cn1cc([C@H]2CCCN2C(=O)c2cnc3[nH]c(=O)[nH]c(=O)c3c2)cn1. The van der Waals surface area contributed by atoms with Crippen molar-refractivity contribution < 1.29 is 4.79 Å². The van der Waals surface area contributed by atoms with E-state index in [0.29, 0.717) is 12.1 Å². The summed E-state index contributed by atoms with van der Waals surface area (Å²) in [5.41, 5.74) is 0.284. The van der Waals surface area contributed by atoms with Gasteiger partial charge >= 0.3 is 5.69 Å². The summed E-state index contributed by atoms with van der Waals surface area (Å²) >= 11 is 0. The van der Waals surface area contributed by atoms with E-state index in [2.05, 4.69) is 20.1 Å². The first-order chi connectivity index (χ1) is 12.0. The highest BCUT2D eigenvalue weighted by molar-refractivity contribution is 5.97. The minimum atomic E-state index is -0.625. The molecule has 0 aromatic carbocycles. The van der Waals surface area contributed by atoms with Gasteiger partial charge in [-0.25, -0.2) is 9.78 Å². The number of H-pyrrole nitrogens is 2. The Labute approximate surface area is 141 Å². The molecule has 3 aromatic rings. The molecule has 4 rings (SSSR count). The van der Waals surface area contributed by atoms with Gasteiger partial charge < -0.3 is 4.90 Å². The van der Waals surface area contributed by atoms with Crippen LogP contribution in [0.2, 0.25) is 0 Å². The highest BCUT2D eigenvalue weighted by atomic mass is 16.2. The van der Waals surface area contributed by atoms with E-state index in [4.69, 9.17) is 0 Å². The molecule has 0 spiro atoms. The number of aryl methyl sites for hydroxylation is 1. The molecule has 128 valence electrons. The monoisotopic (exact) mass is 340 g/mol. The van der Waals surface area contributed by atoms with Gasteiger partial charge in [-0.2, -0.15) is 5.10 Å². The summed E-state index contributed by atoms with van der Waals surface area (Å²) in [6, 6.07) is 1.43. The lowest BCUT2D eigenvalue weighted by Gasteiger charge is -2.23. The van der Waals surface area contributed by atoms with Gasteiger partial charge in [0, 0.05) is 31.5 Å². The van der Waals surface area contributed by atoms with Crippen LogP contribution in [0.5, 0.6) is 0 Å². The number of pyridine rings is 1. The molecule has 25 heavy (non-hydrogen) atoms. The summed E-state index contributed by atoms with van der Waals surface area (Å²) < 4.78 is 1.71. The molecule has 1 amide bonds. The van der Waals surface area contributed by atoms with Gasteiger partial charge in [0.1, 0.15) is 5.65 Å². The lowest BCUT2D eigenvalue weighted by Crippen LogP contribution is -2.31. The maximum Gasteiger partial charge on any atom is 0.327 e. The lowest BCUT2D eigenvalue weighted by molar-refractivity contribution is 0.0735. The smallest absolute Gasteiger partial charge is 0.327 e. The van der Waals surface area contributed by atoms with Gasteiger partial charge in [0.25, 0.3) is 11.5 Å². The Bertz CT molecular complexity index is 1080. The maximum atomic E-state index is 12.9. The standard InChI is InChI=1S/C16H16N6O3/c1-21-8-10(7-18-21)12-3-2-4-22(12)15(24)9-5-11-13(17-6-9)19-16(25)20-14(11)23/h5-8,12H,2-4H2,1H3,(H2,17,19,20,23,25)/t12-/m1/s1. The Hall–Kier alpha value is -3.23. The first-order valence-corrected chi connectivity index (χ1v) is 7.95. The van der Waals surface area contributed by atoms with Crippen molar-refractivity contribution in [3.05, 3.63) is 56.6 Å². The van der Waals surface area contributed by atoms with Crippen molar-refractivity contribution in [2.75, 3.05) is 6.54 Å². The number of fused-ring (bicyclic) bond motifs is 1. The van der Waals surface area contributed by atoms with Crippen molar-refractivity contribution in [2.45, 2.75) is 18.9 Å². The molecule has 1 fully saturated rings. The normalized spacial score (nSPS) is 17.3. The maximum absolute atomic E-state index is 12.9. The van der Waals surface area contributed by atoms with E-state index in [1.165, 1.54) is 12.3 Å². The van der Waals surface area contributed by atoms with Gasteiger partial charge in [0.2, 0.25) is 0 Å². The number of likely N-dealkylation sites (tertiary alicyclic amines) is 1. The molecule has 0 saturated carbocycles. The van der Waals surface area contributed by atoms with Crippen molar-refractivity contribution in [1.29, 1.82) is 0 Å². The number of amides is 1. The van der Waals surface area contributed by atoms with E-state index in [1.54, 1.807) is 15.8 Å². The Morgan fingerprint density at radius 2 is 2.12 bits per heavy atom. The molecule has 1 aliphatic heterocycles. The summed E-state index contributed by atoms with van der Waals surface area (Å²) in [6.45, 7) is 0.637. The van der Waals surface area contributed by atoms with Crippen LogP contribution in [0.4, 0.5) is 0 Å². The number of hydrogen-bond acceptors (Lipinski definition) is 5. The molecular weight excluding hydrogens is 324 g/mol. The van der Waals surface area contributed by atoms with Crippen LogP contribution < -0.4 is 11.2 Å². The van der Waals surface area contributed by atoms with Crippen LogP contribution >= 0.6 is 0 Å². The largest absolute Gasteiger partial charge is 0.331 e. The molecule has 0 bridgehead atoms. The van der Waals surface area contributed by atoms with Crippen LogP contribution in [0.3, 0.4) is 0 Å². The molecule has 0 unspecified atom stereocenters. The third kappa shape index (κ3) is 2.63. The minimum absolute atomic E-state index is 0.0363. The number of nitrogens with zero attached hydrogens (tertiary/aromatic N) is 4. The lowest BCUT2D eigenvalue weighted by atomic mass is 10.1. The van der Waals surface area contributed by atoms with E-state index in [9.17, 15) is 14.4 Å². The number of hydrogen-bond donors (Lipinski definition) is 2. The van der Waals surface area contributed by atoms with Gasteiger partial charge in [-0.15, -0.1) is 0 Å². The zero-order chi connectivity index (χ0) is 17.6. The van der Waals surface area contributed by atoms with Crippen LogP contribution in [-0.4, -0.2) is 42.1 Å². The Morgan fingerprint density at radius 1 is 1.28 bits per heavy atom. The third-order valence-corrected chi connectivity index (χ3v) is 4.46. The van der Waals surface area contributed by atoms with Crippen molar-refractivity contribution >= 4 is 16.9 Å². The van der Waals surface area contributed by atoms with E-state index in [1.807, 2.05) is 13.2 Å². The zero-order valence-electron chi connectivity index (χ0n) is 13.5. The fourth-order valence-corrected chi connectivity index (χ4v) is 3.30. The molecule has 1 atom stereocenters. The second kappa shape index (κ2) is 5.69. The summed E-state index contributed by atoms with van der Waals surface area (Å²) in [6.07, 6.45) is 6.83.